The molecule has 0 bridgehead atoms. The van der Waals surface area contributed by atoms with Gasteiger partial charge < -0.3 is 20.4 Å². The topological polar surface area (TPSA) is 80.9 Å². The minimum absolute atomic E-state index is 0.0972. The fraction of sp³-hybridized carbons (Fsp3) is 1.00. The zero-order valence-electron chi connectivity index (χ0n) is 12.2. The van der Waals surface area contributed by atoms with Crippen LogP contribution in [0.1, 0.15) is 52.9 Å². The van der Waals surface area contributed by atoms with Crippen molar-refractivity contribution in [2.24, 2.45) is 11.3 Å². The maximum Gasteiger partial charge on any atom is 0.0509 e. The Kier molecular flexibility index (Phi) is 14.9. The van der Waals surface area contributed by atoms with Gasteiger partial charge in [-0.05, 0) is 19.3 Å². The van der Waals surface area contributed by atoms with Crippen LogP contribution < -0.4 is 0 Å². The molecule has 0 saturated heterocycles. The summed E-state index contributed by atoms with van der Waals surface area (Å²) in [4.78, 5) is 0. The van der Waals surface area contributed by atoms with E-state index < -0.39 is 0 Å². The van der Waals surface area contributed by atoms with E-state index in [0.717, 1.165) is 32.1 Å². The first-order valence-corrected chi connectivity index (χ1v) is 7.03. The van der Waals surface area contributed by atoms with Gasteiger partial charge in [0.15, 0.2) is 0 Å². The maximum absolute atomic E-state index is 9.04. The molecule has 0 aromatic heterocycles. The molecule has 0 aliphatic carbocycles. The Morgan fingerprint density at radius 1 is 0.889 bits per heavy atom. The number of hydrogen-bond donors (Lipinski definition) is 4. The van der Waals surface area contributed by atoms with Gasteiger partial charge in [-0.15, -0.1) is 0 Å². The molecule has 0 aliphatic heterocycles. The van der Waals surface area contributed by atoms with E-state index in [1.807, 2.05) is 13.8 Å². The Bertz CT molecular complexity index is 140. The summed E-state index contributed by atoms with van der Waals surface area (Å²) < 4.78 is 0. The van der Waals surface area contributed by atoms with E-state index in [2.05, 4.69) is 6.92 Å². The van der Waals surface area contributed by atoms with E-state index >= 15 is 0 Å². The van der Waals surface area contributed by atoms with Crippen molar-refractivity contribution in [1.82, 2.24) is 0 Å². The standard InChI is InChI=1S/C9H20O2.C5H12O2/c1-3-5-6-9(4-2,7-10)8-11;1-2-5(3-6)4-7/h10-11H,3-8H2,1-2H3;5-7H,2-4H2,1H3. The van der Waals surface area contributed by atoms with Crippen LogP contribution in [0.25, 0.3) is 0 Å². The molecular formula is C14H32O4. The van der Waals surface area contributed by atoms with Crippen LogP contribution in [0.4, 0.5) is 0 Å². The predicted molar refractivity (Wildman–Crippen MR) is 74.4 cm³/mol. The molecule has 0 unspecified atom stereocenters. The Morgan fingerprint density at radius 3 is 1.56 bits per heavy atom. The van der Waals surface area contributed by atoms with Crippen molar-refractivity contribution in [2.45, 2.75) is 52.9 Å². The maximum atomic E-state index is 9.04. The number of unbranched alkanes of at least 4 members (excludes halogenated alkanes) is 1. The van der Waals surface area contributed by atoms with Gasteiger partial charge in [0, 0.05) is 24.5 Å². The van der Waals surface area contributed by atoms with Gasteiger partial charge >= 0.3 is 0 Å². The highest BCUT2D eigenvalue weighted by Gasteiger charge is 2.25. The van der Waals surface area contributed by atoms with Gasteiger partial charge in [0.2, 0.25) is 0 Å². The summed E-state index contributed by atoms with van der Waals surface area (Å²) in [6, 6.07) is 0. The van der Waals surface area contributed by atoms with Gasteiger partial charge in [0.1, 0.15) is 0 Å². The van der Waals surface area contributed by atoms with Gasteiger partial charge in [-0.3, -0.25) is 0 Å². The highest BCUT2D eigenvalue weighted by Crippen LogP contribution is 2.27. The molecule has 0 rings (SSSR count). The van der Waals surface area contributed by atoms with Gasteiger partial charge in [0.25, 0.3) is 0 Å². The molecule has 0 aliphatic rings. The van der Waals surface area contributed by atoms with E-state index in [-0.39, 0.29) is 37.8 Å². The average Bonchev–Trinajstić information content (AvgIpc) is 2.44. The summed E-state index contributed by atoms with van der Waals surface area (Å²) in [7, 11) is 0. The van der Waals surface area contributed by atoms with Crippen LogP contribution in [0.5, 0.6) is 0 Å². The van der Waals surface area contributed by atoms with E-state index in [0.29, 0.717) is 0 Å². The smallest absolute Gasteiger partial charge is 0.0509 e. The number of aliphatic hydroxyl groups is 4. The second-order valence-electron chi connectivity index (χ2n) is 4.91. The van der Waals surface area contributed by atoms with Crippen molar-refractivity contribution in [1.29, 1.82) is 0 Å². The summed E-state index contributed by atoms with van der Waals surface area (Å²) in [5.41, 5.74) is -0.212. The number of hydrogen-bond acceptors (Lipinski definition) is 4. The van der Waals surface area contributed by atoms with Crippen molar-refractivity contribution in [3.8, 4) is 0 Å². The van der Waals surface area contributed by atoms with Crippen LogP contribution in [-0.4, -0.2) is 46.9 Å². The van der Waals surface area contributed by atoms with Gasteiger partial charge in [-0.25, -0.2) is 0 Å². The summed E-state index contributed by atoms with van der Waals surface area (Å²) in [6.07, 6.45) is 4.87. The molecule has 0 heterocycles. The lowest BCUT2D eigenvalue weighted by Gasteiger charge is -2.27. The third-order valence-corrected chi connectivity index (χ3v) is 3.58. The lowest BCUT2D eigenvalue weighted by Crippen LogP contribution is -2.28. The first kappa shape index (κ1) is 20.2. The normalized spacial score (nSPS) is 11.3. The highest BCUT2D eigenvalue weighted by atomic mass is 16.3. The lowest BCUT2D eigenvalue weighted by molar-refractivity contribution is 0.0420. The van der Waals surface area contributed by atoms with Gasteiger partial charge in [-0.2, -0.15) is 0 Å². The first-order chi connectivity index (χ1) is 8.59. The van der Waals surface area contributed by atoms with Crippen LogP contribution in [0.2, 0.25) is 0 Å². The fourth-order valence-electron chi connectivity index (χ4n) is 1.48. The van der Waals surface area contributed by atoms with Gasteiger partial charge in [0.05, 0.1) is 13.2 Å². The second-order valence-corrected chi connectivity index (χ2v) is 4.91. The minimum Gasteiger partial charge on any atom is -0.396 e. The molecule has 18 heavy (non-hydrogen) atoms. The molecule has 0 aromatic rings. The molecule has 0 saturated carbocycles. The van der Waals surface area contributed by atoms with Crippen LogP contribution in [0.3, 0.4) is 0 Å². The zero-order chi connectivity index (χ0) is 14.4. The third-order valence-electron chi connectivity index (χ3n) is 3.58. The average molecular weight is 264 g/mol. The van der Waals surface area contributed by atoms with E-state index in [9.17, 15) is 0 Å². The Balaban J connectivity index is 0. The molecule has 112 valence electrons. The largest absolute Gasteiger partial charge is 0.396 e. The lowest BCUT2D eigenvalue weighted by atomic mass is 9.82. The SMILES string of the molecule is CCC(CO)CO.CCCCC(CC)(CO)CO. The monoisotopic (exact) mass is 264 g/mol. The molecular weight excluding hydrogens is 232 g/mol. The minimum atomic E-state index is -0.212. The third kappa shape index (κ3) is 8.86. The summed E-state index contributed by atoms with van der Waals surface area (Å²) >= 11 is 0. The molecule has 0 amide bonds. The number of rotatable bonds is 9. The Labute approximate surface area is 112 Å². The van der Waals surface area contributed by atoms with Crippen LogP contribution in [0.15, 0.2) is 0 Å². The van der Waals surface area contributed by atoms with Crippen molar-refractivity contribution in [3.63, 3.8) is 0 Å². The second kappa shape index (κ2) is 13.3. The summed E-state index contributed by atoms with van der Waals surface area (Å²) in [6.45, 7) is 6.51. The van der Waals surface area contributed by atoms with E-state index in [1.165, 1.54) is 0 Å². The van der Waals surface area contributed by atoms with Crippen molar-refractivity contribution >= 4 is 0 Å². The predicted octanol–water partition coefficient (Wildman–Crippen LogP) is 1.55. The Morgan fingerprint density at radius 2 is 1.39 bits per heavy atom. The van der Waals surface area contributed by atoms with Crippen LogP contribution >= 0.6 is 0 Å². The molecule has 0 fully saturated rings. The molecule has 0 atom stereocenters. The van der Waals surface area contributed by atoms with Crippen LogP contribution in [0, 0.1) is 11.3 Å². The number of aliphatic hydroxyl groups excluding tert-OH is 4. The van der Waals surface area contributed by atoms with Crippen molar-refractivity contribution in [3.05, 3.63) is 0 Å². The Hall–Kier alpha value is -0.160. The van der Waals surface area contributed by atoms with E-state index in [1.54, 1.807) is 0 Å². The van der Waals surface area contributed by atoms with Crippen molar-refractivity contribution < 1.29 is 20.4 Å². The molecule has 0 spiro atoms. The first-order valence-electron chi connectivity index (χ1n) is 7.03. The summed E-state index contributed by atoms with van der Waals surface area (Å²) in [5, 5.41) is 34.8. The van der Waals surface area contributed by atoms with E-state index in [4.69, 9.17) is 20.4 Å². The quantitative estimate of drug-likeness (QED) is 0.509. The summed E-state index contributed by atoms with van der Waals surface area (Å²) in [5.74, 6) is 0.0972. The van der Waals surface area contributed by atoms with Gasteiger partial charge in [-0.1, -0.05) is 33.6 Å². The molecule has 0 aromatic carbocycles. The van der Waals surface area contributed by atoms with Crippen LogP contribution in [-0.2, 0) is 0 Å². The molecule has 0 radical (unpaired) electrons. The highest BCUT2D eigenvalue weighted by molar-refractivity contribution is 4.75. The molecule has 4 N–H and O–H groups in total. The fourth-order valence-corrected chi connectivity index (χ4v) is 1.48. The molecule has 4 heteroatoms. The zero-order valence-corrected chi connectivity index (χ0v) is 12.2. The molecule has 4 nitrogen and oxygen atoms in total. The van der Waals surface area contributed by atoms with Crippen molar-refractivity contribution in [2.75, 3.05) is 26.4 Å².